The van der Waals surface area contributed by atoms with E-state index in [2.05, 4.69) is 28.1 Å². The van der Waals surface area contributed by atoms with Crippen molar-refractivity contribution in [1.29, 1.82) is 0 Å². The minimum atomic E-state index is -0.444. The number of thiophene rings is 1. The number of hydrogen-bond acceptors (Lipinski definition) is 4. The number of carbonyl (C=O) groups excluding carboxylic acids is 1. The molecule has 1 aromatic rings. The van der Waals surface area contributed by atoms with E-state index in [1.807, 2.05) is 32.1 Å². The summed E-state index contributed by atoms with van der Waals surface area (Å²) in [6, 6.07) is 5.14. The van der Waals surface area contributed by atoms with Gasteiger partial charge in [0.25, 0.3) is 0 Å². The van der Waals surface area contributed by atoms with Gasteiger partial charge in [0.2, 0.25) is 0 Å². The lowest BCUT2D eigenvalue weighted by Crippen LogP contribution is -2.45. The molecular weight excluding hydrogens is 308 g/mol. The van der Waals surface area contributed by atoms with Crippen molar-refractivity contribution in [3.8, 4) is 0 Å². The van der Waals surface area contributed by atoms with Gasteiger partial charge in [-0.25, -0.2) is 4.79 Å². The molecule has 2 unspecified atom stereocenters. The maximum absolute atomic E-state index is 11.9. The van der Waals surface area contributed by atoms with E-state index in [1.54, 1.807) is 0 Å². The Morgan fingerprint density at radius 3 is 2.52 bits per heavy atom. The second kappa shape index (κ2) is 6.81. The molecule has 2 aliphatic rings. The smallest absolute Gasteiger partial charge is 0.407 e. The monoisotopic (exact) mass is 336 g/mol. The number of amides is 1. The fourth-order valence-electron chi connectivity index (χ4n) is 2.95. The summed E-state index contributed by atoms with van der Waals surface area (Å²) in [6.45, 7) is 6.32. The Labute approximate surface area is 143 Å². The molecule has 0 radical (unpaired) electrons. The summed E-state index contributed by atoms with van der Waals surface area (Å²) in [5, 5.41) is 8.94. The standard InChI is InChI=1S/C18H28N2O2S/c1-18(2,3)22-17(21)19-11-14(12-6-7-12)20-16(13-8-9-13)15-5-4-10-23-15/h4-5,10,12-14,16,20H,6-9,11H2,1-3H3,(H,19,21). The highest BCUT2D eigenvalue weighted by Gasteiger charge is 2.38. The first kappa shape index (κ1) is 16.8. The molecule has 2 N–H and O–H groups in total. The van der Waals surface area contributed by atoms with Crippen molar-refractivity contribution in [2.75, 3.05) is 6.54 Å². The predicted molar refractivity (Wildman–Crippen MR) is 93.7 cm³/mol. The van der Waals surface area contributed by atoms with Gasteiger partial charge in [-0.2, -0.15) is 0 Å². The lowest BCUT2D eigenvalue weighted by Gasteiger charge is -2.26. The highest BCUT2D eigenvalue weighted by Crippen LogP contribution is 2.44. The third kappa shape index (κ3) is 5.21. The molecule has 0 bridgehead atoms. The first-order chi connectivity index (χ1) is 10.9. The maximum atomic E-state index is 11.9. The summed E-state index contributed by atoms with van der Waals surface area (Å²) in [6.07, 6.45) is 4.83. The Kier molecular flexibility index (Phi) is 4.97. The predicted octanol–water partition coefficient (Wildman–Crippen LogP) is 4.09. The lowest BCUT2D eigenvalue weighted by molar-refractivity contribution is 0.0520. The van der Waals surface area contributed by atoms with E-state index in [1.165, 1.54) is 30.6 Å². The zero-order valence-corrected chi connectivity index (χ0v) is 15.1. The quantitative estimate of drug-likeness (QED) is 0.788. The number of hydrogen-bond donors (Lipinski definition) is 2. The van der Waals surface area contributed by atoms with Crippen molar-refractivity contribution in [2.45, 2.75) is 64.1 Å². The minimum absolute atomic E-state index is 0.316. The van der Waals surface area contributed by atoms with Gasteiger partial charge >= 0.3 is 6.09 Å². The molecule has 2 aliphatic carbocycles. The highest BCUT2D eigenvalue weighted by molar-refractivity contribution is 7.10. The van der Waals surface area contributed by atoms with E-state index in [-0.39, 0.29) is 6.09 Å². The van der Waals surface area contributed by atoms with Gasteiger partial charge in [0.15, 0.2) is 0 Å². The van der Waals surface area contributed by atoms with Crippen LogP contribution in [0, 0.1) is 11.8 Å². The Morgan fingerprint density at radius 2 is 2.00 bits per heavy atom. The van der Waals surface area contributed by atoms with E-state index in [0.717, 1.165) is 5.92 Å². The Bertz CT molecular complexity index is 516. The summed E-state index contributed by atoms with van der Waals surface area (Å²) in [7, 11) is 0. The molecule has 4 nitrogen and oxygen atoms in total. The third-order valence-corrected chi connectivity index (χ3v) is 5.35. The summed E-state index contributed by atoms with van der Waals surface area (Å²) in [4.78, 5) is 13.3. The first-order valence-electron chi connectivity index (χ1n) is 8.69. The van der Waals surface area contributed by atoms with Crippen molar-refractivity contribution in [3.05, 3.63) is 22.4 Å². The van der Waals surface area contributed by atoms with Gasteiger partial charge in [0.1, 0.15) is 5.60 Å². The van der Waals surface area contributed by atoms with Gasteiger partial charge in [0, 0.05) is 23.5 Å². The fraction of sp³-hybridized carbons (Fsp3) is 0.722. The summed E-state index contributed by atoms with van der Waals surface area (Å²) in [5.74, 6) is 1.45. The van der Waals surface area contributed by atoms with Crippen LogP contribution < -0.4 is 10.6 Å². The number of alkyl carbamates (subject to hydrolysis) is 1. The summed E-state index contributed by atoms with van der Waals surface area (Å²) >= 11 is 1.83. The molecule has 128 valence electrons. The van der Waals surface area contributed by atoms with Gasteiger partial charge in [-0.3, -0.25) is 0 Å². The lowest BCUT2D eigenvalue weighted by atomic mass is 10.1. The van der Waals surface area contributed by atoms with Gasteiger partial charge in [-0.1, -0.05) is 6.07 Å². The van der Waals surface area contributed by atoms with Crippen molar-refractivity contribution in [3.63, 3.8) is 0 Å². The first-order valence-corrected chi connectivity index (χ1v) is 9.56. The normalized spacial score (nSPS) is 20.8. The van der Waals surface area contributed by atoms with Crippen LogP contribution in [0.3, 0.4) is 0 Å². The Balaban J connectivity index is 1.55. The van der Waals surface area contributed by atoms with E-state index >= 15 is 0 Å². The van der Waals surface area contributed by atoms with Crippen LogP contribution >= 0.6 is 11.3 Å². The van der Waals surface area contributed by atoms with E-state index in [4.69, 9.17) is 4.74 Å². The van der Waals surface area contributed by atoms with Crippen molar-refractivity contribution < 1.29 is 9.53 Å². The molecule has 5 heteroatoms. The third-order valence-electron chi connectivity index (χ3n) is 4.39. The van der Waals surface area contributed by atoms with Gasteiger partial charge in [-0.05, 0) is 69.7 Å². The molecule has 0 saturated heterocycles. The molecule has 2 atom stereocenters. The van der Waals surface area contributed by atoms with Crippen LogP contribution in [0.4, 0.5) is 4.79 Å². The topological polar surface area (TPSA) is 50.4 Å². The average Bonchev–Trinajstić information content (AvgIpc) is 3.37. The van der Waals surface area contributed by atoms with Crippen LogP contribution in [-0.2, 0) is 4.74 Å². The van der Waals surface area contributed by atoms with Gasteiger partial charge in [0.05, 0.1) is 0 Å². The second-order valence-electron chi connectivity index (χ2n) is 7.82. The molecule has 2 saturated carbocycles. The van der Waals surface area contributed by atoms with Crippen LogP contribution in [0.25, 0.3) is 0 Å². The van der Waals surface area contributed by atoms with E-state index < -0.39 is 5.60 Å². The number of rotatable bonds is 7. The number of nitrogens with one attached hydrogen (secondary N) is 2. The molecule has 0 aliphatic heterocycles. The van der Waals surface area contributed by atoms with Crippen LogP contribution in [0.5, 0.6) is 0 Å². The van der Waals surface area contributed by atoms with Crippen LogP contribution in [-0.4, -0.2) is 24.3 Å². The Hall–Kier alpha value is -1.07. The number of carbonyl (C=O) groups is 1. The molecule has 2 fully saturated rings. The summed E-state index contributed by atoms with van der Waals surface area (Å²) in [5.41, 5.74) is -0.444. The van der Waals surface area contributed by atoms with Crippen LogP contribution in [0.15, 0.2) is 17.5 Å². The van der Waals surface area contributed by atoms with Gasteiger partial charge in [-0.15, -0.1) is 11.3 Å². The molecule has 0 aromatic carbocycles. The van der Waals surface area contributed by atoms with Crippen LogP contribution in [0.2, 0.25) is 0 Å². The molecule has 1 heterocycles. The van der Waals surface area contributed by atoms with Crippen LogP contribution in [0.1, 0.15) is 57.4 Å². The highest BCUT2D eigenvalue weighted by atomic mass is 32.1. The zero-order valence-electron chi connectivity index (χ0n) is 14.3. The number of ether oxygens (including phenoxy) is 1. The molecule has 1 aromatic heterocycles. The SMILES string of the molecule is CC(C)(C)OC(=O)NCC(NC(c1cccs1)C1CC1)C1CC1. The van der Waals surface area contributed by atoms with Crippen molar-refractivity contribution >= 4 is 17.4 Å². The zero-order chi connectivity index (χ0) is 16.4. The fourth-order valence-corrected chi connectivity index (χ4v) is 3.83. The molecular formula is C18H28N2O2S. The molecule has 1 amide bonds. The van der Waals surface area contributed by atoms with Gasteiger partial charge < -0.3 is 15.4 Å². The van der Waals surface area contributed by atoms with Crippen molar-refractivity contribution in [1.82, 2.24) is 10.6 Å². The minimum Gasteiger partial charge on any atom is -0.444 e. The molecule has 23 heavy (non-hydrogen) atoms. The Morgan fingerprint density at radius 1 is 1.30 bits per heavy atom. The average molecular weight is 337 g/mol. The second-order valence-corrected chi connectivity index (χ2v) is 8.80. The largest absolute Gasteiger partial charge is 0.444 e. The summed E-state index contributed by atoms with van der Waals surface area (Å²) < 4.78 is 5.35. The molecule has 3 rings (SSSR count). The van der Waals surface area contributed by atoms with E-state index in [0.29, 0.717) is 24.5 Å². The molecule has 0 spiro atoms. The van der Waals surface area contributed by atoms with E-state index in [9.17, 15) is 4.79 Å². The maximum Gasteiger partial charge on any atom is 0.407 e. The van der Waals surface area contributed by atoms with Crippen molar-refractivity contribution in [2.24, 2.45) is 11.8 Å².